The summed E-state index contributed by atoms with van der Waals surface area (Å²) in [5.41, 5.74) is 1.78. The number of carbonyl (C=O) groups is 1. The Morgan fingerprint density at radius 1 is 1.13 bits per heavy atom. The molecule has 3 rings (SSSR count). The Kier molecular flexibility index (Phi) is 6.88. The van der Waals surface area contributed by atoms with Crippen molar-refractivity contribution in [2.24, 2.45) is 0 Å². The zero-order chi connectivity index (χ0) is 22.8. The summed E-state index contributed by atoms with van der Waals surface area (Å²) < 4.78 is 39.9. The van der Waals surface area contributed by atoms with Crippen molar-refractivity contribution in [2.75, 3.05) is 20.6 Å². The SMILES string of the molecule is Cc1nc2nc(C(F)(F)F)nn2c(C)c1CCC(=O)NCC1(N(C)C)CCCCCC1. The molecule has 0 radical (unpaired) electrons. The van der Waals surface area contributed by atoms with E-state index in [4.69, 9.17) is 0 Å². The van der Waals surface area contributed by atoms with Crippen molar-refractivity contribution in [3.05, 3.63) is 22.8 Å². The number of alkyl halides is 3. The fraction of sp³-hybridized carbons (Fsp3) is 0.714. The van der Waals surface area contributed by atoms with Gasteiger partial charge in [-0.25, -0.2) is 9.50 Å². The Morgan fingerprint density at radius 3 is 2.35 bits per heavy atom. The second-order valence-electron chi connectivity index (χ2n) is 8.72. The Balaban J connectivity index is 1.68. The Bertz CT molecular complexity index is 929. The quantitative estimate of drug-likeness (QED) is 0.697. The molecule has 1 aliphatic rings. The second-order valence-corrected chi connectivity index (χ2v) is 8.72. The molecule has 0 atom stereocenters. The molecule has 172 valence electrons. The van der Waals surface area contributed by atoms with E-state index in [0.717, 1.165) is 35.8 Å². The summed E-state index contributed by atoms with van der Waals surface area (Å²) in [6, 6.07) is 0. The minimum Gasteiger partial charge on any atom is -0.354 e. The molecule has 1 fully saturated rings. The first-order chi connectivity index (χ1) is 14.5. The van der Waals surface area contributed by atoms with Crippen LogP contribution in [0.1, 0.15) is 67.7 Å². The molecule has 1 amide bonds. The van der Waals surface area contributed by atoms with E-state index in [0.29, 0.717) is 24.4 Å². The summed E-state index contributed by atoms with van der Waals surface area (Å²) in [5.74, 6) is -1.37. The smallest absolute Gasteiger partial charge is 0.354 e. The van der Waals surface area contributed by atoms with Gasteiger partial charge in [-0.3, -0.25) is 4.79 Å². The van der Waals surface area contributed by atoms with Crippen LogP contribution in [0, 0.1) is 13.8 Å². The van der Waals surface area contributed by atoms with Crippen LogP contribution >= 0.6 is 0 Å². The second kappa shape index (κ2) is 9.10. The molecule has 10 heteroatoms. The number of nitrogens with one attached hydrogen (secondary N) is 1. The molecule has 1 saturated carbocycles. The van der Waals surface area contributed by atoms with Gasteiger partial charge < -0.3 is 10.2 Å². The summed E-state index contributed by atoms with van der Waals surface area (Å²) in [4.78, 5) is 22.5. The van der Waals surface area contributed by atoms with Crippen LogP contribution in [-0.4, -0.2) is 56.6 Å². The van der Waals surface area contributed by atoms with Gasteiger partial charge in [-0.05, 0) is 52.8 Å². The number of carbonyl (C=O) groups excluding carboxylic acids is 1. The lowest BCUT2D eigenvalue weighted by atomic mass is 9.88. The first kappa shape index (κ1) is 23.4. The number of nitrogens with zero attached hydrogens (tertiary/aromatic N) is 5. The molecular weight excluding hydrogens is 409 g/mol. The Morgan fingerprint density at radius 2 is 1.77 bits per heavy atom. The van der Waals surface area contributed by atoms with Crippen molar-refractivity contribution in [3.63, 3.8) is 0 Å². The molecule has 0 aliphatic heterocycles. The number of rotatable bonds is 6. The minimum absolute atomic E-state index is 0.0206. The average molecular weight is 441 g/mol. The third-order valence-corrected chi connectivity index (χ3v) is 6.50. The molecule has 7 nitrogen and oxygen atoms in total. The van der Waals surface area contributed by atoms with Gasteiger partial charge in [0, 0.05) is 29.9 Å². The topological polar surface area (TPSA) is 75.4 Å². The van der Waals surface area contributed by atoms with Crippen molar-refractivity contribution in [3.8, 4) is 0 Å². The Hall–Kier alpha value is -2.23. The molecule has 0 saturated heterocycles. The highest BCUT2D eigenvalue weighted by atomic mass is 19.4. The lowest BCUT2D eigenvalue weighted by Gasteiger charge is -2.39. The summed E-state index contributed by atoms with van der Waals surface area (Å²) in [5, 5.41) is 6.65. The summed E-state index contributed by atoms with van der Waals surface area (Å²) in [7, 11) is 4.14. The van der Waals surface area contributed by atoms with Gasteiger partial charge in [0.25, 0.3) is 11.6 Å². The molecule has 0 unspecified atom stereocenters. The van der Waals surface area contributed by atoms with Crippen molar-refractivity contribution >= 4 is 11.7 Å². The molecule has 2 aromatic heterocycles. The highest BCUT2D eigenvalue weighted by Crippen LogP contribution is 2.31. The molecule has 2 aromatic rings. The normalized spacial score (nSPS) is 17.2. The van der Waals surface area contributed by atoms with E-state index in [2.05, 4.69) is 39.4 Å². The van der Waals surface area contributed by atoms with E-state index < -0.39 is 12.0 Å². The van der Waals surface area contributed by atoms with Gasteiger partial charge in [0.1, 0.15) is 0 Å². The molecule has 2 heterocycles. The summed E-state index contributed by atoms with van der Waals surface area (Å²) in [6.45, 7) is 4.00. The van der Waals surface area contributed by atoms with Crippen molar-refractivity contribution in [1.29, 1.82) is 0 Å². The molecule has 1 N–H and O–H groups in total. The van der Waals surface area contributed by atoms with Crippen LogP contribution < -0.4 is 5.32 Å². The largest absolute Gasteiger partial charge is 0.453 e. The number of fused-ring (bicyclic) bond motifs is 1. The third kappa shape index (κ3) is 5.16. The molecule has 0 bridgehead atoms. The lowest BCUT2D eigenvalue weighted by Crippen LogP contribution is -2.52. The van der Waals surface area contributed by atoms with Crippen LogP contribution in [0.25, 0.3) is 5.78 Å². The number of amides is 1. The number of aryl methyl sites for hydroxylation is 2. The highest BCUT2D eigenvalue weighted by molar-refractivity contribution is 5.76. The van der Waals surface area contributed by atoms with Crippen LogP contribution in [0.4, 0.5) is 13.2 Å². The van der Waals surface area contributed by atoms with Crippen LogP contribution in [0.15, 0.2) is 0 Å². The molecule has 0 spiro atoms. The monoisotopic (exact) mass is 440 g/mol. The van der Waals surface area contributed by atoms with Crippen molar-refractivity contribution < 1.29 is 18.0 Å². The van der Waals surface area contributed by atoms with E-state index in [1.165, 1.54) is 12.8 Å². The van der Waals surface area contributed by atoms with Gasteiger partial charge in [0.15, 0.2) is 0 Å². The predicted molar refractivity (Wildman–Crippen MR) is 111 cm³/mol. The van der Waals surface area contributed by atoms with E-state index in [1.54, 1.807) is 13.8 Å². The van der Waals surface area contributed by atoms with Gasteiger partial charge in [0.2, 0.25) is 5.91 Å². The van der Waals surface area contributed by atoms with E-state index in [9.17, 15) is 18.0 Å². The van der Waals surface area contributed by atoms with Gasteiger partial charge in [-0.2, -0.15) is 18.2 Å². The minimum atomic E-state index is -4.63. The predicted octanol–water partition coefficient (Wildman–Crippen LogP) is 3.46. The van der Waals surface area contributed by atoms with Gasteiger partial charge in [-0.15, -0.1) is 5.10 Å². The maximum atomic E-state index is 12.9. The molecule has 0 aromatic carbocycles. The number of aromatic nitrogens is 4. The molecule has 1 aliphatic carbocycles. The van der Waals surface area contributed by atoms with Crippen LogP contribution in [-0.2, 0) is 17.4 Å². The number of likely N-dealkylation sites (N-methyl/N-ethyl adjacent to an activating group) is 1. The number of halogens is 3. The van der Waals surface area contributed by atoms with E-state index in [-0.39, 0.29) is 23.6 Å². The summed E-state index contributed by atoms with van der Waals surface area (Å²) >= 11 is 0. The van der Waals surface area contributed by atoms with Gasteiger partial charge in [0.05, 0.1) is 0 Å². The van der Waals surface area contributed by atoms with Crippen molar-refractivity contribution in [1.82, 2.24) is 29.8 Å². The maximum Gasteiger partial charge on any atom is 0.453 e. The lowest BCUT2D eigenvalue weighted by molar-refractivity contribution is -0.144. The fourth-order valence-electron chi connectivity index (χ4n) is 4.45. The zero-order valence-corrected chi connectivity index (χ0v) is 18.6. The molecule has 31 heavy (non-hydrogen) atoms. The van der Waals surface area contributed by atoms with E-state index in [1.807, 2.05) is 0 Å². The Labute approximate surface area is 180 Å². The number of hydrogen-bond acceptors (Lipinski definition) is 5. The molecular formula is C21H31F3N6O. The van der Waals surface area contributed by atoms with E-state index >= 15 is 0 Å². The van der Waals surface area contributed by atoms with Crippen LogP contribution in [0.5, 0.6) is 0 Å². The average Bonchev–Trinajstić information content (AvgIpc) is 2.97. The maximum absolute atomic E-state index is 12.9. The number of hydrogen-bond donors (Lipinski definition) is 1. The van der Waals surface area contributed by atoms with Gasteiger partial charge in [-0.1, -0.05) is 25.7 Å². The standard InChI is InChI=1S/C21H31F3N6O/c1-14-16(15(2)30-19(26-14)27-18(28-30)21(22,23)24)9-10-17(31)25-13-20(29(3)4)11-7-5-6-8-12-20/h5-13H2,1-4H3,(H,25,31). The van der Waals surface area contributed by atoms with Crippen LogP contribution in [0.2, 0.25) is 0 Å². The van der Waals surface area contributed by atoms with Crippen LogP contribution in [0.3, 0.4) is 0 Å². The van der Waals surface area contributed by atoms with Crippen molar-refractivity contribution in [2.45, 2.75) is 76.9 Å². The summed E-state index contributed by atoms with van der Waals surface area (Å²) in [6.07, 6.45) is 2.90. The first-order valence-corrected chi connectivity index (χ1v) is 10.8. The zero-order valence-electron chi connectivity index (χ0n) is 18.6. The highest BCUT2D eigenvalue weighted by Gasteiger charge is 2.37. The fourth-order valence-corrected chi connectivity index (χ4v) is 4.45. The third-order valence-electron chi connectivity index (χ3n) is 6.50. The first-order valence-electron chi connectivity index (χ1n) is 10.8. The van der Waals surface area contributed by atoms with Gasteiger partial charge >= 0.3 is 6.18 Å².